The summed E-state index contributed by atoms with van der Waals surface area (Å²) >= 11 is 11.2. The Hall–Kier alpha value is -2.44. The molecule has 134 valence electrons. The lowest BCUT2D eigenvalue weighted by Crippen LogP contribution is -2.02. The van der Waals surface area contributed by atoms with Gasteiger partial charge in [0.15, 0.2) is 5.82 Å². The molecule has 0 radical (unpaired) electrons. The summed E-state index contributed by atoms with van der Waals surface area (Å²) in [6, 6.07) is 15.3. The van der Waals surface area contributed by atoms with E-state index in [2.05, 4.69) is 15.3 Å². The third-order valence-electron chi connectivity index (χ3n) is 3.73. The first kappa shape index (κ1) is 18.4. The summed E-state index contributed by atoms with van der Waals surface area (Å²) in [5.74, 6) is 1.73. The van der Waals surface area contributed by atoms with Gasteiger partial charge in [-0.05, 0) is 42.0 Å². The van der Waals surface area contributed by atoms with Crippen LogP contribution in [0.1, 0.15) is 36.7 Å². The van der Waals surface area contributed by atoms with E-state index in [0.717, 1.165) is 22.7 Å². The van der Waals surface area contributed by atoms with E-state index in [1.54, 1.807) is 10.9 Å². The van der Waals surface area contributed by atoms with Crippen molar-refractivity contribution in [2.45, 2.75) is 26.4 Å². The number of hydrogen-bond donors (Lipinski definition) is 1. The minimum Gasteiger partial charge on any atom is -0.488 e. The molecule has 0 saturated heterocycles. The molecule has 1 heterocycles. The summed E-state index contributed by atoms with van der Waals surface area (Å²) in [5.41, 5.74) is 1.90. The lowest BCUT2D eigenvalue weighted by molar-refractivity contribution is 0.306. The van der Waals surface area contributed by atoms with Crippen LogP contribution in [-0.2, 0) is 6.61 Å². The fourth-order valence-corrected chi connectivity index (χ4v) is 2.68. The maximum Gasteiger partial charge on any atom is 0.216 e. The molecule has 0 aliphatic carbocycles. The van der Waals surface area contributed by atoms with Gasteiger partial charge >= 0.3 is 0 Å². The van der Waals surface area contributed by atoms with Gasteiger partial charge in [-0.15, -0.1) is 0 Å². The Labute approximate surface area is 162 Å². The first-order valence-corrected chi connectivity index (χ1v) is 9.01. The van der Waals surface area contributed by atoms with E-state index < -0.39 is 0 Å². The van der Waals surface area contributed by atoms with E-state index in [-0.39, 0.29) is 5.92 Å². The highest BCUT2D eigenvalue weighted by atomic mass is 35.5. The van der Waals surface area contributed by atoms with Crippen molar-refractivity contribution in [1.82, 2.24) is 14.9 Å². The molecule has 0 spiro atoms. The van der Waals surface area contributed by atoms with Gasteiger partial charge in [0.1, 0.15) is 12.4 Å². The molecule has 0 bridgehead atoms. The third kappa shape index (κ3) is 4.39. The van der Waals surface area contributed by atoms with Crippen LogP contribution in [0.4, 0.5) is 0 Å². The van der Waals surface area contributed by atoms with Crippen LogP contribution in [0.15, 0.2) is 53.6 Å². The zero-order chi connectivity index (χ0) is 18.5. The number of aromatic nitrogens is 3. The predicted molar refractivity (Wildman–Crippen MR) is 107 cm³/mol. The molecule has 0 fully saturated rings. The fourth-order valence-electron chi connectivity index (χ4n) is 2.37. The number of hydrogen-bond acceptors (Lipinski definition) is 4. The molecular formula is C19H19ClN4OS. The van der Waals surface area contributed by atoms with Gasteiger partial charge in [0.25, 0.3) is 0 Å². The van der Waals surface area contributed by atoms with Crippen LogP contribution in [0.2, 0.25) is 5.02 Å². The molecule has 1 N–H and O–H groups in total. The van der Waals surface area contributed by atoms with E-state index >= 15 is 0 Å². The number of halogens is 1. The molecular weight excluding hydrogens is 368 g/mol. The van der Waals surface area contributed by atoms with Crippen LogP contribution in [0.25, 0.3) is 0 Å². The molecule has 26 heavy (non-hydrogen) atoms. The number of H-pyrrole nitrogens is 1. The van der Waals surface area contributed by atoms with Crippen LogP contribution in [0, 0.1) is 4.77 Å². The molecule has 3 rings (SSSR count). The summed E-state index contributed by atoms with van der Waals surface area (Å²) in [6.45, 7) is 4.53. The summed E-state index contributed by atoms with van der Waals surface area (Å²) in [5, 5.41) is 12.2. The average Bonchev–Trinajstić information content (AvgIpc) is 3.01. The molecule has 0 saturated carbocycles. The van der Waals surface area contributed by atoms with Crippen LogP contribution >= 0.6 is 23.8 Å². The quantitative estimate of drug-likeness (QED) is 0.469. The maximum atomic E-state index is 5.95. The lowest BCUT2D eigenvalue weighted by atomic mass is 10.2. The number of para-hydroxylation sites is 1. The Balaban J connectivity index is 1.80. The Kier molecular flexibility index (Phi) is 5.85. The minimum absolute atomic E-state index is 0.205. The number of aromatic amines is 1. The van der Waals surface area contributed by atoms with E-state index in [4.69, 9.17) is 28.6 Å². The topological polar surface area (TPSA) is 55.2 Å². The highest BCUT2D eigenvalue weighted by Crippen LogP contribution is 2.19. The van der Waals surface area contributed by atoms with Crippen LogP contribution in [0.5, 0.6) is 5.75 Å². The molecule has 7 heteroatoms. The fraction of sp³-hybridized carbons (Fsp3) is 0.211. The molecule has 0 unspecified atom stereocenters. The summed E-state index contributed by atoms with van der Waals surface area (Å²) in [4.78, 5) is 0. The molecule has 0 atom stereocenters. The standard InChI is InChI=1S/C19H19ClN4OS/c1-13(2)18-22-23-19(26)24(18)21-11-15-5-3-4-6-17(15)25-12-14-7-9-16(20)10-8-14/h3-11,13H,12H2,1-2H3,(H,23,26)/b21-11-. The average molecular weight is 387 g/mol. The van der Waals surface area contributed by atoms with E-state index in [1.807, 2.05) is 62.4 Å². The number of rotatable bonds is 6. The van der Waals surface area contributed by atoms with Crippen molar-refractivity contribution in [3.63, 3.8) is 0 Å². The van der Waals surface area contributed by atoms with Crippen molar-refractivity contribution in [1.29, 1.82) is 0 Å². The maximum absolute atomic E-state index is 5.95. The number of nitrogens with one attached hydrogen (secondary N) is 1. The third-order valence-corrected chi connectivity index (χ3v) is 4.25. The first-order valence-electron chi connectivity index (χ1n) is 8.22. The minimum atomic E-state index is 0.205. The summed E-state index contributed by atoms with van der Waals surface area (Å²) in [6.07, 6.45) is 1.73. The Bertz CT molecular complexity index is 960. The van der Waals surface area contributed by atoms with Gasteiger partial charge in [0.05, 0.1) is 6.21 Å². The van der Waals surface area contributed by atoms with Crippen molar-refractivity contribution in [2.24, 2.45) is 5.10 Å². The van der Waals surface area contributed by atoms with Crippen molar-refractivity contribution >= 4 is 30.0 Å². The van der Waals surface area contributed by atoms with Crippen molar-refractivity contribution in [3.05, 3.63) is 75.3 Å². The zero-order valence-electron chi connectivity index (χ0n) is 14.5. The lowest BCUT2D eigenvalue weighted by Gasteiger charge is -2.09. The van der Waals surface area contributed by atoms with Gasteiger partial charge in [0.2, 0.25) is 4.77 Å². The second-order valence-electron chi connectivity index (χ2n) is 6.05. The number of ether oxygens (including phenoxy) is 1. The van der Waals surface area contributed by atoms with Gasteiger partial charge in [-0.3, -0.25) is 5.10 Å². The van der Waals surface area contributed by atoms with Crippen molar-refractivity contribution in [3.8, 4) is 5.75 Å². The molecule has 1 aromatic heterocycles. The van der Waals surface area contributed by atoms with Crippen LogP contribution in [-0.4, -0.2) is 21.1 Å². The predicted octanol–water partition coefficient (Wildman–Crippen LogP) is 5.18. The monoisotopic (exact) mass is 386 g/mol. The van der Waals surface area contributed by atoms with Gasteiger partial charge in [-0.1, -0.05) is 49.7 Å². The van der Waals surface area contributed by atoms with Crippen molar-refractivity contribution in [2.75, 3.05) is 0 Å². The molecule has 0 amide bonds. The van der Waals surface area contributed by atoms with E-state index in [0.29, 0.717) is 16.4 Å². The largest absolute Gasteiger partial charge is 0.488 e. The molecule has 0 aliphatic heterocycles. The summed E-state index contributed by atoms with van der Waals surface area (Å²) < 4.78 is 8.05. The van der Waals surface area contributed by atoms with Crippen LogP contribution < -0.4 is 4.74 Å². The Morgan fingerprint density at radius 3 is 2.69 bits per heavy atom. The molecule has 3 aromatic rings. The van der Waals surface area contributed by atoms with E-state index in [1.165, 1.54) is 0 Å². The Morgan fingerprint density at radius 2 is 1.96 bits per heavy atom. The highest BCUT2D eigenvalue weighted by Gasteiger charge is 2.09. The first-order chi connectivity index (χ1) is 12.5. The summed E-state index contributed by atoms with van der Waals surface area (Å²) in [7, 11) is 0. The molecule has 2 aromatic carbocycles. The SMILES string of the molecule is CC(C)c1n[nH]c(=S)n1/N=C\c1ccccc1OCc1ccc(Cl)cc1. The number of nitrogens with zero attached hydrogens (tertiary/aromatic N) is 3. The molecule has 0 aliphatic rings. The van der Waals surface area contributed by atoms with Gasteiger partial charge in [-0.2, -0.15) is 14.9 Å². The normalized spacial score (nSPS) is 11.4. The number of benzene rings is 2. The highest BCUT2D eigenvalue weighted by molar-refractivity contribution is 7.71. The van der Waals surface area contributed by atoms with Gasteiger partial charge in [-0.25, -0.2) is 0 Å². The van der Waals surface area contributed by atoms with Crippen LogP contribution in [0.3, 0.4) is 0 Å². The van der Waals surface area contributed by atoms with Crippen molar-refractivity contribution < 1.29 is 4.74 Å². The Morgan fingerprint density at radius 1 is 1.23 bits per heavy atom. The second kappa shape index (κ2) is 8.29. The van der Waals surface area contributed by atoms with E-state index in [9.17, 15) is 0 Å². The zero-order valence-corrected chi connectivity index (χ0v) is 16.1. The smallest absolute Gasteiger partial charge is 0.216 e. The molecule has 5 nitrogen and oxygen atoms in total. The van der Waals surface area contributed by atoms with Gasteiger partial charge in [0, 0.05) is 16.5 Å². The second-order valence-corrected chi connectivity index (χ2v) is 6.87. The van der Waals surface area contributed by atoms with Gasteiger partial charge < -0.3 is 4.74 Å².